The Hall–Kier alpha value is -2.14. The first-order valence-corrected chi connectivity index (χ1v) is 11.0. The Bertz CT molecular complexity index is 894. The van der Waals surface area contributed by atoms with E-state index < -0.39 is 40.4 Å². The third-order valence-corrected chi connectivity index (χ3v) is 5.79. The summed E-state index contributed by atoms with van der Waals surface area (Å²) >= 11 is 0.644. The fourth-order valence-electron chi connectivity index (χ4n) is 2.97. The zero-order valence-electron chi connectivity index (χ0n) is 17.7. The Morgan fingerprint density at radius 3 is 2.44 bits per heavy atom. The molecule has 32 heavy (non-hydrogen) atoms. The summed E-state index contributed by atoms with van der Waals surface area (Å²) in [6, 6.07) is 3.35. The van der Waals surface area contributed by atoms with Crippen LogP contribution in [0.4, 0.5) is 26.3 Å². The maximum atomic E-state index is 13.4. The molecule has 0 aliphatic carbocycles. The molecule has 1 aromatic carbocycles. The van der Waals surface area contributed by atoms with Crippen LogP contribution < -0.4 is 10.6 Å². The number of nitrogens with one attached hydrogen (secondary N) is 2. The molecule has 0 aliphatic heterocycles. The van der Waals surface area contributed by atoms with Crippen LogP contribution in [-0.4, -0.2) is 24.0 Å². The molecule has 2 rings (SSSR count). The number of carbonyl (C=O) groups excluding carboxylic acids is 1. The highest BCUT2D eigenvalue weighted by molar-refractivity contribution is 7.13. The monoisotopic (exact) mass is 481 g/mol. The van der Waals surface area contributed by atoms with Gasteiger partial charge in [-0.3, -0.25) is 4.79 Å². The minimum absolute atomic E-state index is 0.128. The SMILES string of the molecule is CCCCCNCCc1nc(C(F)(F)F)c(C(=O)NC(C)c2cccc(C(F)(F)F)c2)s1. The van der Waals surface area contributed by atoms with Gasteiger partial charge < -0.3 is 10.6 Å². The van der Waals surface area contributed by atoms with E-state index in [-0.39, 0.29) is 17.0 Å². The molecule has 0 aliphatic rings. The standard InChI is InChI=1S/C21H25F6N3OS/c1-3-4-5-10-28-11-9-16-30-18(21(25,26)27)17(32-16)19(31)29-13(2)14-7-6-8-15(12-14)20(22,23)24/h6-8,12-13,28H,3-5,9-11H2,1-2H3,(H,29,31). The van der Waals surface area contributed by atoms with E-state index in [1.54, 1.807) is 0 Å². The summed E-state index contributed by atoms with van der Waals surface area (Å²) in [5.41, 5.74) is -2.06. The predicted octanol–water partition coefficient (Wildman–Crippen LogP) is 5.99. The number of carbonyl (C=O) groups is 1. The molecule has 2 N–H and O–H groups in total. The molecule has 1 atom stereocenters. The molecule has 2 aromatic rings. The van der Waals surface area contributed by atoms with Crippen molar-refractivity contribution in [2.75, 3.05) is 13.1 Å². The van der Waals surface area contributed by atoms with Crippen molar-refractivity contribution in [1.29, 1.82) is 0 Å². The van der Waals surface area contributed by atoms with Crippen molar-refractivity contribution in [1.82, 2.24) is 15.6 Å². The maximum absolute atomic E-state index is 13.4. The lowest BCUT2D eigenvalue weighted by Crippen LogP contribution is -2.28. The third-order valence-electron chi connectivity index (χ3n) is 4.68. The number of hydrogen-bond donors (Lipinski definition) is 2. The van der Waals surface area contributed by atoms with Crippen molar-refractivity contribution in [3.05, 3.63) is 51.0 Å². The van der Waals surface area contributed by atoms with Crippen LogP contribution in [0.1, 0.15) is 70.7 Å². The number of benzene rings is 1. The lowest BCUT2D eigenvalue weighted by atomic mass is 10.0. The lowest BCUT2D eigenvalue weighted by molar-refractivity contribution is -0.141. The second kappa shape index (κ2) is 11.1. The number of hydrogen-bond acceptors (Lipinski definition) is 4. The van der Waals surface area contributed by atoms with Gasteiger partial charge in [0, 0.05) is 13.0 Å². The Labute approximate surface area is 186 Å². The molecule has 0 radical (unpaired) electrons. The molecule has 1 amide bonds. The van der Waals surface area contributed by atoms with Gasteiger partial charge in [0.1, 0.15) is 4.88 Å². The Morgan fingerprint density at radius 2 is 1.81 bits per heavy atom. The van der Waals surface area contributed by atoms with E-state index in [0.717, 1.165) is 37.9 Å². The fraction of sp³-hybridized carbons (Fsp3) is 0.524. The first-order valence-electron chi connectivity index (χ1n) is 10.2. The highest BCUT2D eigenvalue weighted by atomic mass is 32.1. The molecule has 1 unspecified atom stereocenters. The van der Waals surface area contributed by atoms with Crippen molar-refractivity contribution in [2.24, 2.45) is 0 Å². The van der Waals surface area contributed by atoms with E-state index in [1.165, 1.54) is 19.1 Å². The average molecular weight is 482 g/mol. The Kier molecular flexibility index (Phi) is 9.08. The van der Waals surface area contributed by atoms with E-state index >= 15 is 0 Å². The van der Waals surface area contributed by atoms with Gasteiger partial charge in [0.25, 0.3) is 5.91 Å². The Morgan fingerprint density at radius 1 is 1.09 bits per heavy atom. The highest BCUT2D eigenvalue weighted by Crippen LogP contribution is 2.35. The van der Waals surface area contributed by atoms with E-state index in [0.29, 0.717) is 17.9 Å². The molecular weight excluding hydrogens is 456 g/mol. The van der Waals surface area contributed by atoms with Crippen LogP contribution in [0.5, 0.6) is 0 Å². The molecule has 178 valence electrons. The quantitative estimate of drug-likeness (QED) is 0.324. The number of nitrogens with zero attached hydrogens (tertiary/aromatic N) is 1. The van der Waals surface area contributed by atoms with Crippen LogP contribution in [0, 0.1) is 0 Å². The minimum Gasteiger partial charge on any atom is -0.345 e. The highest BCUT2D eigenvalue weighted by Gasteiger charge is 2.40. The number of aromatic nitrogens is 1. The minimum atomic E-state index is -4.82. The van der Waals surface area contributed by atoms with Crippen LogP contribution in [0.2, 0.25) is 0 Å². The van der Waals surface area contributed by atoms with Crippen LogP contribution in [0.25, 0.3) is 0 Å². The van der Waals surface area contributed by atoms with Crippen LogP contribution in [0.15, 0.2) is 24.3 Å². The van der Waals surface area contributed by atoms with E-state index in [2.05, 4.69) is 22.5 Å². The predicted molar refractivity (Wildman–Crippen MR) is 111 cm³/mol. The van der Waals surface area contributed by atoms with Crippen molar-refractivity contribution in [3.63, 3.8) is 0 Å². The molecule has 0 fully saturated rings. The molecule has 0 spiro atoms. The van der Waals surface area contributed by atoms with Crippen LogP contribution in [-0.2, 0) is 18.8 Å². The zero-order chi connectivity index (χ0) is 23.9. The van der Waals surface area contributed by atoms with Crippen molar-refractivity contribution in [3.8, 4) is 0 Å². The number of thiazole rings is 1. The van der Waals surface area contributed by atoms with Crippen LogP contribution >= 0.6 is 11.3 Å². The van der Waals surface area contributed by atoms with Crippen LogP contribution in [0.3, 0.4) is 0 Å². The van der Waals surface area contributed by atoms with E-state index in [9.17, 15) is 31.1 Å². The molecule has 11 heteroatoms. The number of rotatable bonds is 10. The Balaban J connectivity index is 2.12. The largest absolute Gasteiger partial charge is 0.435 e. The van der Waals surface area contributed by atoms with Gasteiger partial charge in [-0.2, -0.15) is 26.3 Å². The summed E-state index contributed by atoms with van der Waals surface area (Å²) in [5, 5.41) is 5.65. The smallest absolute Gasteiger partial charge is 0.345 e. The molecule has 1 heterocycles. The summed E-state index contributed by atoms with van der Waals surface area (Å²) in [5.74, 6) is -1.03. The topological polar surface area (TPSA) is 54.0 Å². The van der Waals surface area contributed by atoms with E-state index in [1.807, 2.05) is 0 Å². The summed E-state index contributed by atoms with van der Waals surface area (Å²) < 4.78 is 79.0. The van der Waals surface area contributed by atoms with Gasteiger partial charge in [0.05, 0.1) is 16.6 Å². The van der Waals surface area contributed by atoms with Crippen molar-refractivity contribution < 1.29 is 31.1 Å². The summed E-state index contributed by atoms with van der Waals surface area (Å²) in [6.07, 6.45) is -6.09. The van der Waals surface area contributed by atoms with Gasteiger partial charge in [0.2, 0.25) is 0 Å². The normalized spacial score (nSPS) is 13.2. The summed E-state index contributed by atoms with van der Waals surface area (Å²) in [4.78, 5) is 15.6. The second-order valence-electron chi connectivity index (χ2n) is 7.31. The molecule has 1 aromatic heterocycles. The number of halogens is 6. The molecular formula is C21H25F6N3OS. The van der Waals surface area contributed by atoms with Crippen molar-refractivity contribution >= 4 is 17.2 Å². The first-order chi connectivity index (χ1) is 14.9. The van der Waals surface area contributed by atoms with Gasteiger partial charge in [0.15, 0.2) is 5.69 Å². The second-order valence-corrected chi connectivity index (χ2v) is 8.39. The van der Waals surface area contributed by atoms with Gasteiger partial charge in [-0.15, -0.1) is 11.3 Å². The van der Waals surface area contributed by atoms with Gasteiger partial charge in [-0.25, -0.2) is 4.98 Å². The van der Waals surface area contributed by atoms with E-state index in [4.69, 9.17) is 0 Å². The third kappa shape index (κ3) is 7.47. The summed E-state index contributed by atoms with van der Waals surface area (Å²) in [6.45, 7) is 4.64. The van der Waals surface area contributed by atoms with Gasteiger partial charge in [-0.1, -0.05) is 31.9 Å². The van der Waals surface area contributed by atoms with Gasteiger partial charge in [-0.05, 0) is 37.6 Å². The lowest BCUT2D eigenvalue weighted by Gasteiger charge is -2.16. The summed E-state index contributed by atoms with van der Waals surface area (Å²) in [7, 11) is 0. The number of amides is 1. The molecule has 0 saturated heterocycles. The van der Waals surface area contributed by atoms with Gasteiger partial charge >= 0.3 is 12.4 Å². The number of unbranched alkanes of at least 4 members (excludes halogenated alkanes) is 2. The zero-order valence-corrected chi connectivity index (χ0v) is 18.5. The molecule has 4 nitrogen and oxygen atoms in total. The average Bonchev–Trinajstić information content (AvgIpc) is 3.15. The maximum Gasteiger partial charge on any atom is 0.435 e. The number of alkyl halides is 6. The molecule has 0 bridgehead atoms. The molecule has 0 saturated carbocycles. The first kappa shape index (κ1) is 26.1. The fourth-order valence-corrected chi connectivity index (χ4v) is 3.95. The van der Waals surface area contributed by atoms with Crippen molar-refractivity contribution in [2.45, 2.75) is 57.9 Å².